The van der Waals surface area contributed by atoms with E-state index in [1.165, 1.54) is 5.56 Å². The van der Waals surface area contributed by atoms with E-state index in [2.05, 4.69) is 27.7 Å². The van der Waals surface area contributed by atoms with Gasteiger partial charge in [-0.05, 0) is 0 Å². The first-order chi connectivity index (χ1) is 10.5. The quantitative estimate of drug-likeness (QED) is 0.775. The number of ether oxygens (including phenoxy) is 1. The van der Waals surface area contributed by atoms with Crippen molar-refractivity contribution >= 4 is 26.2 Å². The summed E-state index contributed by atoms with van der Waals surface area (Å²) in [5.41, 5.74) is 1.17. The molecule has 1 saturated heterocycles. The van der Waals surface area contributed by atoms with Gasteiger partial charge in [-0.25, -0.2) is 0 Å². The second kappa shape index (κ2) is 7.91. The predicted molar refractivity (Wildman–Crippen MR) is 87.6 cm³/mol. The van der Waals surface area contributed by atoms with Crippen molar-refractivity contribution in [2.75, 3.05) is 6.61 Å². The molecule has 0 bridgehead atoms. The molecule has 1 amide bonds. The molecule has 1 aromatic rings. The SMILES string of the molecule is CCC[C@H](O)[C@@H](C)C(=O)N1C(=[Se])OC[C@@H]1Cc1ccccc1. The Kier molecular flexibility index (Phi) is 6.18. The average Bonchev–Trinajstić information content (AvgIpc) is 2.87. The molecule has 1 aliphatic heterocycles. The van der Waals surface area contributed by atoms with E-state index >= 15 is 0 Å². The molecule has 1 fully saturated rings. The monoisotopic (exact) mass is 369 g/mol. The summed E-state index contributed by atoms with van der Waals surface area (Å²) in [4.78, 5) is 14.4. The first-order valence-electron chi connectivity index (χ1n) is 7.76. The third-order valence-corrected chi connectivity index (χ3v) is 4.72. The van der Waals surface area contributed by atoms with Gasteiger partial charge in [0, 0.05) is 0 Å². The van der Waals surface area contributed by atoms with E-state index in [4.69, 9.17) is 4.74 Å². The van der Waals surface area contributed by atoms with E-state index in [1.54, 1.807) is 11.8 Å². The Morgan fingerprint density at radius 2 is 2.14 bits per heavy atom. The Morgan fingerprint density at radius 3 is 2.77 bits per heavy atom. The second-order valence-corrected chi connectivity index (χ2v) is 6.51. The number of hydrogen-bond acceptors (Lipinski definition) is 3. The summed E-state index contributed by atoms with van der Waals surface area (Å²) in [6.45, 7) is 4.27. The number of rotatable bonds is 6. The Bertz CT molecular complexity index is 520. The number of amides is 1. The molecule has 0 unspecified atom stereocenters. The molecule has 0 aromatic heterocycles. The van der Waals surface area contributed by atoms with Crippen LogP contribution in [0.15, 0.2) is 30.3 Å². The third-order valence-electron chi connectivity index (χ3n) is 4.06. The summed E-state index contributed by atoms with van der Waals surface area (Å²) in [6.07, 6.45) is 1.63. The third kappa shape index (κ3) is 3.97. The van der Waals surface area contributed by atoms with E-state index in [0.717, 1.165) is 12.8 Å². The number of nitrogens with zero attached hydrogens (tertiary/aromatic N) is 1. The van der Waals surface area contributed by atoms with Gasteiger partial charge in [0.15, 0.2) is 0 Å². The van der Waals surface area contributed by atoms with Gasteiger partial charge < -0.3 is 0 Å². The van der Waals surface area contributed by atoms with Crippen LogP contribution >= 0.6 is 0 Å². The average molecular weight is 368 g/mol. The molecular formula is C17H23NO3Se. The van der Waals surface area contributed by atoms with Crippen molar-refractivity contribution in [2.45, 2.75) is 45.3 Å². The van der Waals surface area contributed by atoms with Crippen molar-refractivity contribution in [1.29, 1.82) is 0 Å². The van der Waals surface area contributed by atoms with Gasteiger partial charge in [-0.2, -0.15) is 0 Å². The van der Waals surface area contributed by atoms with Crippen molar-refractivity contribution in [3.05, 3.63) is 35.9 Å². The van der Waals surface area contributed by atoms with E-state index in [1.807, 2.05) is 25.1 Å². The number of benzene rings is 1. The molecule has 1 aromatic carbocycles. The molecule has 0 saturated carbocycles. The zero-order valence-electron chi connectivity index (χ0n) is 13.1. The Labute approximate surface area is 139 Å². The minimum absolute atomic E-state index is 0.0255. The van der Waals surface area contributed by atoms with E-state index < -0.39 is 12.0 Å². The van der Waals surface area contributed by atoms with E-state index in [9.17, 15) is 9.90 Å². The van der Waals surface area contributed by atoms with E-state index in [0.29, 0.717) is 17.8 Å². The number of aliphatic hydroxyl groups excluding tert-OH is 1. The Balaban J connectivity index is 2.09. The van der Waals surface area contributed by atoms with Gasteiger partial charge in [0.05, 0.1) is 0 Å². The minimum atomic E-state index is -0.608. The fourth-order valence-electron chi connectivity index (χ4n) is 2.70. The van der Waals surface area contributed by atoms with Crippen molar-refractivity contribution in [3.8, 4) is 0 Å². The molecule has 1 heterocycles. The van der Waals surface area contributed by atoms with Gasteiger partial charge in [-0.15, -0.1) is 0 Å². The molecular weight excluding hydrogens is 345 g/mol. The number of carbonyl (C=O) groups is 1. The molecule has 0 radical (unpaired) electrons. The van der Waals surface area contributed by atoms with Crippen LogP contribution < -0.4 is 0 Å². The molecule has 1 N–H and O–H groups in total. The van der Waals surface area contributed by atoms with Crippen LogP contribution in [-0.2, 0) is 16.0 Å². The van der Waals surface area contributed by atoms with Crippen LogP contribution in [-0.4, -0.2) is 55.0 Å². The van der Waals surface area contributed by atoms with Gasteiger partial charge in [0.25, 0.3) is 0 Å². The summed E-state index contributed by atoms with van der Waals surface area (Å²) in [5.74, 6) is -0.503. The molecule has 2 rings (SSSR count). The maximum atomic E-state index is 12.7. The first kappa shape index (κ1) is 17.2. The zero-order chi connectivity index (χ0) is 16.1. The zero-order valence-corrected chi connectivity index (χ0v) is 14.8. The molecule has 120 valence electrons. The Morgan fingerprint density at radius 1 is 1.45 bits per heavy atom. The summed E-state index contributed by atoms with van der Waals surface area (Å²) in [7, 11) is 0. The van der Waals surface area contributed by atoms with Gasteiger partial charge in [-0.1, -0.05) is 0 Å². The van der Waals surface area contributed by atoms with Crippen LogP contribution in [0.25, 0.3) is 0 Å². The van der Waals surface area contributed by atoms with Gasteiger partial charge in [0.1, 0.15) is 0 Å². The molecule has 1 aliphatic rings. The van der Waals surface area contributed by atoms with Crippen LogP contribution in [0.1, 0.15) is 32.3 Å². The van der Waals surface area contributed by atoms with Gasteiger partial charge in [0.2, 0.25) is 0 Å². The maximum absolute atomic E-state index is 12.7. The molecule has 22 heavy (non-hydrogen) atoms. The van der Waals surface area contributed by atoms with Gasteiger partial charge in [-0.3, -0.25) is 0 Å². The summed E-state index contributed by atoms with van der Waals surface area (Å²) in [5, 5.41) is 10.1. The van der Waals surface area contributed by atoms with Crippen molar-refractivity contribution in [2.24, 2.45) is 5.92 Å². The molecule has 0 aliphatic carbocycles. The fourth-order valence-corrected chi connectivity index (χ4v) is 3.34. The van der Waals surface area contributed by atoms with Crippen molar-refractivity contribution < 1.29 is 14.6 Å². The van der Waals surface area contributed by atoms with E-state index in [-0.39, 0.29) is 11.9 Å². The number of aliphatic hydroxyl groups is 1. The molecule has 5 heteroatoms. The normalized spacial score (nSPS) is 20.6. The van der Waals surface area contributed by atoms with Crippen molar-refractivity contribution in [3.63, 3.8) is 0 Å². The molecule has 3 atom stereocenters. The van der Waals surface area contributed by atoms with Crippen LogP contribution in [0.5, 0.6) is 0 Å². The molecule has 0 spiro atoms. The predicted octanol–water partition coefficient (Wildman–Crippen LogP) is 1.51. The fraction of sp³-hybridized carbons (Fsp3) is 0.529. The van der Waals surface area contributed by atoms with Crippen LogP contribution in [0.3, 0.4) is 0 Å². The van der Waals surface area contributed by atoms with Crippen LogP contribution in [0.4, 0.5) is 0 Å². The number of carbonyl (C=O) groups excluding carboxylic acids is 1. The summed E-state index contributed by atoms with van der Waals surface area (Å²) < 4.78 is 6.06. The Hall–Kier alpha value is -1.16. The van der Waals surface area contributed by atoms with Crippen LogP contribution in [0.2, 0.25) is 0 Å². The first-order valence-corrected chi connectivity index (χ1v) is 8.62. The van der Waals surface area contributed by atoms with Crippen molar-refractivity contribution in [1.82, 2.24) is 4.90 Å². The molecule has 4 nitrogen and oxygen atoms in total. The second-order valence-electron chi connectivity index (χ2n) is 5.77. The van der Waals surface area contributed by atoms with Crippen LogP contribution in [0, 0.1) is 5.92 Å². The topological polar surface area (TPSA) is 49.8 Å². The summed E-state index contributed by atoms with van der Waals surface area (Å²) >= 11 is 2.83. The number of hydrogen-bond donors (Lipinski definition) is 1. The standard InChI is InChI=1S/C17H23NO3Se/c1-3-7-15(19)12(2)16(20)18-14(11-21-17(18)22)10-13-8-5-4-6-9-13/h4-6,8-9,12,14-15,19H,3,7,10-11H2,1-2H3/t12-,14+,15+/m1/s1. The summed E-state index contributed by atoms with van der Waals surface area (Å²) in [6, 6.07) is 10.0. The van der Waals surface area contributed by atoms with Gasteiger partial charge >= 0.3 is 139 Å².